The lowest BCUT2D eigenvalue weighted by atomic mass is 10.1. The summed E-state index contributed by atoms with van der Waals surface area (Å²) in [7, 11) is 0. The first kappa shape index (κ1) is 16.3. The van der Waals surface area contributed by atoms with Gasteiger partial charge in [0, 0.05) is 5.39 Å². The quantitative estimate of drug-likeness (QED) is 0.849. The van der Waals surface area contributed by atoms with Crippen LogP contribution in [0.15, 0.2) is 30.5 Å². The van der Waals surface area contributed by atoms with Gasteiger partial charge >= 0.3 is 12.1 Å². The van der Waals surface area contributed by atoms with Crippen LogP contribution in [0.4, 0.5) is 13.2 Å². The Labute approximate surface area is 124 Å². The number of hydrogen-bond donors (Lipinski definition) is 2. The number of aliphatic carboxylic acids is 1. The van der Waals surface area contributed by atoms with E-state index in [4.69, 9.17) is 9.90 Å². The molecule has 1 fully saturated rings. The third-order valence-electron chi connectivity index (χ3n) is 3.40. The summed E-state index contributed by atoms with van der Waals surface area (Å²) >= 11 is 0. The first-order chi connectivity index (χ1) is 10.4. The molecule has 1 saturated heterocycles. The summed E-state index contributed by atoms with van der Waals surface area (Å²) in [5.74, 6) is -2.76. The van der Waals surface area contributed by atoms with Crippen molar-refractivity contribution >= 4 is 16.9 Å². The number of carbonyl (C=O) groups is 1. The van der Waals surface area contributed by atoms with E-state index in [1.54, 1.807) is 0 Å². The number of benzene rings is 1. The molecular formula is C14H16F3N3O2. The molecular weight excluding hydrogens is 299 g/mol. The Kier molecular flexibility index (Phi) is 5.02. The number of alkyl halides is 3. The van der Waals surface area contributed by atoms with Crippen molar-refractivity contribution in [2.75, 3.05) is 13.1 Å². The van der Waals surface area contributed by atoms with Gasteiger partial charge in [-0.15, -0.1) is 0 Å². The topological polar surface area (TPSA) is 67.1 Å². The largest absolute Gasteiger partial charge is 0.490 e. The molecule has 0 aliphatic carbocycles. The summed E-state index contributed by atoms with van der Waals surface area (Å²) in [6.45, 7) is 2.22. The summed E-state index contributed by atoms with van der Waals surface area (Å²) in [4.78, 5) is 8.90. The average molecular weight is 315 g/mol. The van der Waals surface area contributed by atoms with Gasteiger partial charge in [0.2, 0.25) is 0 Å². The predicted octanol–water partition coefficient (Wildman–Crippen LogP) is 2.59. The average Bonchev–Trinajstić information content (AvgIpc) is 2.92. The molecule has 1 aliphatic heterocycles. The second kappa shape index (κ2) is 6.78. The Morgan fingerprint density at radius 3 is 2.45 bits per heavy atom. The maximum absolute atomic E-state index is 10.6. The van der Waals surface area contributed by atoms with E-state index in [1.807, 2.05) is 6.20 Å². The van der Waals surface area contributed by atoms with Crippen LogP contribution in [-0.2, 0) is 4.79 Å². The Morgan fingerprint density at radius 2 is 1.86 bits per heavy atom. The van der Waals surface area contributed by atoms with Gasteiger partial charge in [-0.05, 0) is 32.0 Å². The van der Waals surface area contributed by atoms with Gasteiger partial charge in [0.1, 0.15) is 0 Å². The van der Waals surface area contributed by atoms with Crippen LogP contribution in [0.1, 0.15) is 18.9 Å². The van der Waals surface area contributed by atoms with Crippen LogP contribution in [0.5, 0.6) is 0 Å². The zero-order chi connectivity index (χ0) is 16.2. The van der Waals surface area contributed by atoms with Gasteiger partial charge in [-0.2, -0.15) is 18.3 Å². The number of nitrogens with one attached hydrogen (secondary N) is 1. The molecule has 2 heterocycles. The van der Waals surface area contributed by atoms with Gasteiger partial charge in [-0.3, -0.25) is 4.68 Å². The minimum Gasteiger partial charge on any atom is -0.475 e. The normalized spacial score (nSPS) is 16.1. The molecule has 0 unspecified atom stereocenters. The SMILES string of the molecule is O=C(O)C(F)(F)F.c1ccc2c(c1)cnn2C1CCNCC1. The number of carboxylic acid groups (broad SMARTS) is 1. The van der Waals surface area contributed by atoms with Crippen molar-refractivity contribution in [3.05, 3.63) is 30.5 Å². The Hall–Kier alpha value is -2.09. The molecule has 0 saturated carbocycles. The zero-order valence-corrected chi connectivity index (χ0v) is 11.7. The summed E-state index contributed by atoms with van der Waals surface area (Å²) in [5.41, 5.74) is 1.27. The van der Waals surface area contributed by atoms with Crippen LogP contribution < -0.4 is 5.32 Å². The fourth-order valence-electron chi connectivity index (χ4n) is 2.33. The number of hydrogen-bond acceptors (Lipinski definition) is 3. The Bertz CT molecular complexity index is 634. The lowest BCUT2D eigenvalue weighted by Gasteiger charge is -2.23. The third-order valence-corrected chi connectivity index (χ3v) is 3.40. The highest BCUT2D eigenvalue weighted by molar-refractivity contribution is 5.78. The van der Waals surface area contributed by atoms with Crippen molar-refractivity contribution < 1.29 is 23.1 Å². The lowest BCUT2D eigenvalue weighted by molar-refractivity contribution is -0.192. The van der Waals surface area contributed by atoms with Crippen LogP contribution in [0, 0.1) is 0 Å². The molecule has 0 amide bonds. The predicted molar refractivity (Wildman–Crippen MR) is 74.6 cm³/mol. The number of nitrogens with zero attached hydrogens (tertiary/aromatic N) is 2. The Balaban J connectivity index is 0.000000217. The van der Waals surface area contributed by atoms with Crippen molar-refractivity contribution in [2.24, 2.45) is 0 Å². The number of fused-ring (bicyclic) bond motifs is 1. The molecule has 22 heavy (non-hydrogen) atoms. The Morgan fingerprint density at radius 1 is 1.27 bits per heavy atom. The van der Waals surface area contributed by atoms with Crippen molar-refractivity contribution in [3.63, 3.8) is 0 Å². The van der Waals surface area contributed by atoms with Gasteiger partial charge in [-0.25, -0.2) is 4.79 Å². The maximum Gasteiger partial charge on any atom is 0.490 e. The van der Waals surface area contributed by atoms with Crippen LogP contribution >= 0.6 is 0 Å². The second-order valence-electron chi connectivity index (χ2n) is 4.93. The maximum atomic E-state index is 10.6. The number of piperidine rings is 1. The van der Waals surface area contributed by atoms with Gasteiger partial charge < -0.3 is 10.4 Å². The van der Waals surface area contributed by atoms with Crippen LogP contribution in [0.2, 0.25) is 0 Å². The molecule has 1 aliphatic rings. The molecule has 0 atom stereocenters. The van der Waals surface area contributed by atoms with Crippen molar-refractivity contribution in [2.45, 2.75) is 25.1 Å². The molecule has 2 N–H and O–H groups in total. The smallest absolute Gasteiger partial charge is 0.475 e. The van der Waals surface area contributed by atoms with E-state index >= 15 is 0 Å². The fourth-order valence-corrected chi connectivity index (χ4v) is 2.33. The summed E-state index contributed by atoms with van der Waals surface area (Å²) in [6, 6.07) is 9.01. The van der Waals surface area contributed by atoms with Crippen molar-refractivity contribution in [3.8, 4) is 0 Å². The molecule has 5 nitrogen and oxygen atoms in total. The minimum absolute atomic E-state index is 0.575. The van der Waals surface area contributed by atoms with E-state index in [9.17, 15) is 13.2 Å². The number of halogens is 3. The summed E-state index contributed by atoms with van der Waals surface area (Å²) in [5, 5.41) is 16.3. The summed E-state index contributed by atoms with van der Waals surface area (Å²) in [6.07, 6.45) is -0.741. The van der Waals surface area contributed by atoms with Gasteiger partial charge in [0.05, 0.1) is 17.8 Å². The van der Waals surface area contributed by atoms with E-state index in [-0.39, 0.29) is 0 Å². The zero-order valence-electron chi connectivity index (χ0n) is 11.7. The standard InChI is InChI=1S/C12H15N3.C2HF3O2/c1-2-4-12-10(3-1)9-14-15(12)11-5-7-13-8-6-11;3-2(4,5)1(6)7/h1-4,9,11,13H,5-8H2;(H,6,7). The van der Waals surface area contributed by atoms with Crippen molar-refractivity contribution in [1.82, 2.24) is 15.1 Å². The van der Waals surface area contributed by atoms with Gasteiger partial charge in [-0.1, -0.05) is 18.2 Å². The highest BCUT2D eigenvalue weighted by Gasteiger charge is 2.38. The number of aromatic nitrogens is 2. The number of para-hydroxylation sites is 1. The fraction of sp³-hybridized carbons (Fsp3) is 0.429. The van der Waals surface area contributed by atoms with Crippen LogP contribution in [0.25, 0.3) is 10.9 Å². The van der Waals surface area contributed by atoms with E-state index in [1.165, 1.54) is 23.7 Å². The highest BCUT2D eigenvalue weighted by Crippen LogP contribution is 2.23. The molecule has 0 radical (unpaired) electrons. The third kappa shape index (κ3) is 3.97. The lowest BCUT2D eigenvalue weighted by Crippen LogP contribution is -2.29. The van der Waals surface area contributed by atoms with Gasteiger partial charge in [0.15, 0.2) is 0 Å². The molecule has 120 valence electrons. The highest BCUT2D eigenvalue weighted by atomic mass is 19.4. The van der Waals surface area contributed by atoms with E-state index < -0.39 is 12.1 Å². The van der Waals surface area contributed by atoms with E-state index in [0.29, 0.717) is 6.04 Å². The monoisotopic (exact) mass is 315 g/mol. The molecule has 1 aromatic carbocycles. The molecule has 2 aromatic rings. The second-order valence-corrected chi connectivity index (χ2v) is 4.93. The molecule has 0 bridgehead atoms. The minimum atomic E-state index is -5.08. The van der Waals surface area contributed by atoms with E-state index in [2.05, 4.69) is 39.4 Å². The first-order valence-electron chi connectivity index (χ1n) is 6.82. The number of rotatable bonds is 1. The molecule has 8 heteroatoms. The van der Waals surface area contributed by atoms with Crippen molar-refractivity contribution in [1.29, 1.82) is 0 Å². The first-order valence-corrected chi connectivity index (χ1v) is 6.82. The number of carboxylic acids is 1. The van der Waals surface area contributed by atoms with Crippen LogP contribution in [0.3, 0.4) is 0 Å². The summed E-state index contributed by atoms with van der Waals surface area (Å²) < 4.78 is 33.9. The van der Waals surface area contributed by atoms with Crippen LogP contribution in [-0.4, -0.2) is 40.1 Å². The van der Waals surface area contributed by atoms with Gasteiger partial charge in [0.25, 0.3) is 0 Å². The molecule has 3 rings (SSSR count). The molecule has 1 aromatic heterocycles. The van der Waals surface area contributed by atoms with E-state index in [0.717, 1.165) is 13.1 Å². The molecule has 0 spiro atoms.